The highest BCUT2D eigenvalue weighted by atomic mass is 32.3. The van der Waals surface area contributed by atoms with Crippen LogP contribution in [-0.4, -0.2) is 66.9 Å². The molecule has 0 spiro atoms. The lowest BCUT2D eigenvalue weighted by Crippen LogP contribution is -2.50. The molecule has 0 bridgehead atoms. The fourth-order valence-electron chi connectivity index (χ4n) is 0.940. The molecule has 4 unspecified atom stereocenters. The molecule has 0 rings (SSSR count). The zero-order valence-electron chi connectivity index (χ0n) is 8.13. The fourth-order valence-corrected chi connectivity index (χ4v) is 2.23. The van der Waals surface area contributed by atoms with Gasteiger partial charge in [-0.1, -0.05) is 0 Å². The highest BCUT2D eigenvalue weighted by molar-refractivity contribution is 7.97. The van der Waals surface area contributed by atoms with Gasteiger partial charge in [0.25, 0.3) is 0 Å². The Hall–Kier alpha value is 0.0600. The third kappa shape index (κ3) is 4.14. The molecule has 0 saturated heterocycles. The van der Waals surface area contributed by atoms with Crippen LogP contribution in [0, 0.1) is 0 Å². The molecule has 0 aliphatic heterocycles. The molecule has 0 fully saturated rings. The normalized spacial score (nSPS) is 25.2. The maximum atomic E-state index is 10.5. The summed E-state index contributed by atoms with van der Waals surface area (Å²) in [6.07, 6.45) is -7.66. The van der Waals surface area contributed by atoms with Crippen molar-refractivity contribution in [1.29, 1.82) is 0 Å². The average Bonchev–Trinajstić information content (AvgIpc) is 2.13. The van der Waals surface area contributed by atoms with Crippen molar-refractivity contribution in [1.82, 2.24) is 0 Å². The third-order valence-corrected chi connectivity index (χ3v) is 4.11. The van der Waals surface area contributed by atoms with Crippen LogP contribution < -0.4 is 0 Å². The molecule has 98 valence electrons. The minimum Gasteiger partial charge on any atom is -0.771 e. The molecule has 0 aliphatic rings. The van der Waals surface area contributed by atoms with Crippen molar-refractivity contribution in [3.05, 3.63) is 0 Å². The van der Waals surface area contributed by atoms with Gasteiger partial charge in [-0.05, 0) is 29.1 Å². The van der Waals surface area contributed by atoms with Gasteiger partial charge >= 0.3 is 0 Å². The summed E-state index contributed by atoms with van der Waals surface area (Å²) in [5.74, 6) is 0. The van der Waals surface area contributed by atoms with Crippen LogP contribution >= 0.6 is 0 Å². The van der Waals surface area contributed by atoms with Gasteiger partial charge in [-0.15, -0.1) is 0 Å². The topological polar surface area (TPSA) is 161 Å². The van der Waals surface area contributed by atoms with E-state index in [1.807, 2.05) is 0 Å². The largest absolute Gasteiger partial charge is 0.771 e. The number of hydrogen-bond acceptors (Lipinski definition) is 8. The van der Waals surface area contributed by atoms with Gasteiger partial charge in [-0.3, -0.25) is 8.42 Å². The molecule has 0 aromatic rings. The van der Waals surface area contributed by atoms with Crippen LogP contribution in [0.1, 0.15) is 6.92 Å². The Balaban J connectivity index is 4.80. The third-order valence-electron chi connectivity index (χ3n) is 1.85. The quantitative estimate of drug-likeness (QED) is 0.364. The highest BCUT2D eigenvalue weighted by Gasteiger charge is 2.34. The first kappa shape index (κ1) is 16.1. The zero-order valence-corrected chi connectivity index (χ0v) is 9.76. The Kier molecular flexibility index (Phi) is 6.74. The van der Waals surface area contributed by atoms with E-state index in [-0.39, 0.29) is 0 Å². The molecule has 16 heavy (non-hydrogen) atoms. The zero-order chi connectivity index (χ0) is 13.0. The van der Waals surface area contributed by atoms with Gasteiger partial charge < -0.3 is 29.5 Å². The van der Waals surface area contributed by atoms with Crippen molar-refractivity contribution in [3.8, 4) is 0 Å². The van der Waals surface area contributed by atoms with Gasteiger partial charge in [0.1, 0.15) is 22.9 Å². The summed E-state index contributed by atoms with van der Waals surface area (Å²) in [5.41, 5.74) is 0. The molecule has 0 aliphatic carbocycles. The van der Waals surface area contributed by atoms with Crippen LogP contribution in [0.15, 0.2) is 0 Å². The minimum atomic E-state index is -3.18. The van der Waals surface area contributed by atoms with Crippen LogP contribution in [0.2, 0.25) is 0 Å². The SMILES string of the molecule is CC(O)[C@H](O)[C@@H](O)C(O)C(S(=O)[O-])S(=O)[O-]. The molecular formula is C6H12O8S2-2. The van der Waals surface area contributed by atoms with Crippen molar-refractivity contribution in [2.75, 3.05) is 0 Å². The second kappa shape index (κ2) is 6.71. The van der Waals surface area contributed by atoms with Crippen molar-refractivity contribution in [2.24, 2.45) is 0 Å². The summed E-state index contributed by atoms with van der Waals surface area (Å²) in [4.78, 5) is 0. The van der Waals surface area contributed by atoms with Gasteiger partial charge in [-0.2, -0.15) is 0 Å². The Morgan fingerprint density at radius 3 is 1.50 bits per heavy atom. The van der Waals surface area contributed by atoms with E-state index in [4.69, 9.17) is 10.2 Å². The highest BCUT2D eigenvalue weighted by Crippen LogP contribution is 2.13. The summed E-state index contributed by atoms with van der Waals surface area (Å²) in [6.45, 7) is 1.08. The van der Waals surface area contributed by atoms with Crippen LogP contribution in [-0.2, 0) is 22.2 Å². The summed E-state index contributed by atoms with van der Waals surface area (Å²) in [6, 6.07) is 0. The predicted octanol–water partition coefficient (Wildman–Crippen LogP) is -3.47. The number of hydrogen-bond donors (Lipinski definition) is 4. The molecule has 0 aromatic heterocycles. The first-order valence-electron chi connectivity index (χ1n) is 4.08. The van der Waals surface area contributed by atoms with Crippen LogP contribution in [0.4, 0.5) is 0 Å². The second-order valence-corrected chi connectivity index (χ2v) is 5.46. The summed E-state index contributed by atoms with van der Waals surface area (Å²) < 4.78 is 39.6. The molecule has 0 radical (unpaired) electrons. The van der Waals surface area contributed by atoms with Crippen molar-refractivity contribution < 1.29 is 37.9 Å². The van der Waals surface area contributed by atoms with Crippen LogP contribution in [0.5, 0.6) is 0 Å². The van der Waals surface area contributed by atoms with E-state index >= 15 is 0 Å². The van der Waals surface area contributed by atoms with Gasteiger partial charge in [-0.25, -0.2) is 0 Å². The average molecular weight is 276 g/mol. The van der Waals surface area contributed by atoms with E-state index < -0.39 is 51.2 Å². The molecule has 8 nitrogen and oxygen atoms in total. The van der Waals surface area contributed by atoms with Crippen molar-refractivity contribution in [2.45, 2.75) is 35.9 Å². The lowest BCUT2D eigenvalue weighted by molar-refractivity contribution is -0.0961. The molecule has 0 aromatic carbocycles. The smallest absolute Gasteiger partial charge is 0.112 e. The van der Waals surface area contributed by atoms with E-state index in [2.05, 4.69) is 0 Å². The van der Waals surface area contributed by atoms with Gasteiger partial charge in [0.2, 0.25) is 0 Å². The lowest BCUT2D eigenvalue weighted by Gasteiger charge is -2.32. The van der Waals surface area contributed by atoms with Gasteiger partial charge in [0.15, 0.2) is 0 Å². The van der Waals surface area contributed by atoms with Crippen molar-refractivity contribution >= 4 is 22.2 Å². The predicted molar refractivity (Wildman–Crippen MR) is 51.3 cm³/mol. The van der Waals surface area contributed by atoms with Gasteiger partial charge in [0, 0.05) is 0 Å². The molecule has 10 heteroatoms. The Labute approximate surface area is 96.5 Å². The molecule has 0 amide bonds. The monoisotopic (exact) mass is 276 g/mol. The maximum absolute atomic E-state index is 10.5. The van der Waals surface area contributed by atoms with Crippen molar-refractivity contribution in [3.63, 3.8) is 0 Å². The molecule has 0 heterocycles. The first-order chi connectivity index (χ1) is 7.20. The molecule has 6 atom stereocenters. The van der Waals surface area contributed by atoms with E-state index in [1.165, 1.54) is 0 Å². The van der Waals surface area contributed by atoms with E-state index in [1.54, 1.807) is 0 Å². The number of aliphatic hydroxyl groups excluding tert-OH is 4. The fraction of sp³-hybridized carbons (Fsp3) is 1.00. The van der Waals surface area contributed by atoms with E-state index in [0.29, 0.717) is 0 Å². The maximum Gasteiger partial charge on any atom is 0.112 e. The molecular weight excluding hydrogens is 264 g/mol. The van der Waals surface area contributed by atoms with E-state index in [9.17, 15) is 27.7 Å². The standard InChI is InChI=1S/C6H14O8S2/c1-2(7)3(8)4(9)5(10)6(15(11)12)16(13)14/h2-10H,1H3,(H,11,12)(H,13,14)/p-2/t2?,3-,4+,5?/m0/s1. The lowest BCUT2D eigenvalue weighted by atomic mass is 10.1. The molecule has 0 saturated carbocycles. The van der Waals surface area contributed by atoms with Crippen LogP contribution in [0.25, 0.3) is 0 Å². The Bertz CT molecular complexity index is 255. The van der Waals surface area contributed by atoms with Gasteiger partial charge in [0.05, 0.1) is 6.10 Å². The Morgan fingerprint density at radius 1 is 0.875 bits per heavy atom. The van der Waals surface area contributed by atoms with Crippen LogP contribution in [0.3, 0.4) is 0 Å². The Morgan fingerprint density at radius 2 is 1.25 bits per heavy atom. The summed E-state index contributed by atoms with van der Waals surface area (Å²) >= 11 is -6.36. The minimum absolute atomic E-state index is 1.08. The number of rotatable bonds is 6. The summed E-state index contributed by atoms with van der Waals surface area (Å²) in [5, 5.41) is 36.4. The summed E-state index contributed by atoms with van der Waals surface area (Å²) in [7, 11) is 0. The molecule has 4 N–H and O–H groups in total. The number of aliphatic hydroxyl groups is 4. The van der Waals surface area contributed by atoms with E-state index in [0.717, 1.165) is 6.92 Å². The first-order valence-corrected chi connectivity index (χ1v) is 6.36. The second-order valence-electron chi connectivity index (χ2n) is 3.10.